The number of benzene rings is 2. The fourth-order valence-corrected chi connectivity index (χ4v) is 2.79. The summed E-state index contributed by atoms with van der Waals surface area (Å²) in [6.45, 7) is 1.24. The molecule has 170 valence electrons. The Bertz CT molecular complexity index is 995. The van der Waals surface area contributed by atoms with Crippen molar-refractivity contribution < 1.29 is 28.8 Å². The summed E-state index contributed by atoms with van der Waals surface area (Å²) in [5.74, 6) is -1.30. The van der Waals surface area contributed by atoms with Crippen LogP contribution >= 0.6 is 11.6 Å². The fraction of sp³-hybridized carbons (Fsp3) is 0.286. The lowest BCUT2D eigenvalue weighted by Gasteiger charge is -2.14. The topological polar surface area (TPSA) is 137 Å². The number of hydrogen-bond donors (Lipinski definition) is 2. The number of methoxy groups -OCH3 is 1. The highest BCUT2D eigenvalue weighted by atomic mass is 35.5. The van der Waals surface area contributed by atoms with Crippen molar-refractivity contribution >= 4 is 35.1 Å². The van der Waals surface area contributed by atoms with E-state index in [-0.39, 0.29) is 10.6 Å². The molecule has 2 aromatic rings. The van der Waals surface area contributed by atoms with Crippen LogP contribution in [-0.4, -0.2) is 49.0 Å². The van der Waals surface area contributed by atoms with Gasteiger partial charge in [0.1, 0.15) is 17.3 Å². The SMILES string of the molecule is COc1ccc(CCNC(=O)C(C)OC(=O)CNC(=O)c2ccc(Cl)c([N+](=O)[O-])c2)cc1. The highest BCUT2D eigenvalue weighted by molar-refractivity contribution is 6.32. The lowest BCUT2D eigenvalue weighted by Crippen LogP contribution is -2.39. The second kappa shape index (κ2) is 11.7. The van der Waals surface area contributed by atoms with Gasteiger partial charge in [-0.25, -0.2) is 0 Å². The maximum atomic E-state index is 12.1. The zero-order valence-corrected chi connectivity index (χ0v) is 18.2. The third-order valence-corrected chi connectivity index (χ3v) is 4.67. The summed E-state index contributed by atoms with van der Waals surface area (Å²) in [6.07, 6.45) is -0.480. The Hall–Kier alpha value is -3.66. The molecule has 0 aromatic heterocycles. The van der Waals surface area contributed by atoms with Crippen molar-refractivity contribution in [2.24, 2.45) is 0 Å². The summed E-state index contributed by atoms with van der Waals surface area (Å²) in [4.78, 5) is 46.3. The molecule has 0 saturated heterocycles. The van der Waals surface area contributed by atoms with Crippen LogP contribution < -0.4 is 15.4 Å². The quantitative estimate of drug-likeness (QED) is 0.313. The molecule has 2 aromatic carbocycles. The molecule has 0 aliphatic carbocycles. The van der Waals surface area contributed by atoms with E-state index in [9.17, 15) is 24.5 Å². The van der Waals surface area contributed by atoms with Crippen molar-refractivity contribution in [3.8, 4) is 5.75 Å². The molecule has 32 heavy (non-hydrogen) atoms. The minimum absolute atomic E-state index is 0.0433. The van der Waals surface area contributed by atoms with Crippen LogP contribution in [0.4, 0.5) is 5.69 Å². The normalized spacial score (nSPS) is 11.2. The molecule has 0 bridgehead atoms. The van der Waals surface area contributed by atoms with E-state index in [0.717, 1.165) is 17.4 Å². The first-order chi connectivity index (χ1) is 15.2. The van der Waals surface area contributed by atoms with Crippen LogP contribution in [0.15, 0.2) is 42.5 Å². The second-order valence-electron chi connectivity index (χ2n) is 6.63. The molecule has 2 rings (SSSR count). The molecule has 10 nitrogen and oxygen atoms in total. The lowest BCUT2D eigenvalue weighted by atomic mass is 10.1. The molecule has 1 unspecified atom stereocenters. The molecule has 1 atom stereocenters. The first-order valence-electron chi connectivity index (χ1n) is 9.53. The molecule has 0 fully saturated rings. The highest BCUT2D eigenvalue weighted by Gasteiger charge is 2.19. The summed E-state index contributed by atoms with van der Waals surface area (Å²) in [5.41, 5.74) is 0.529. The molecule has 11 heteroatoms. The van der Waals surface area contributed by atoms with Crippen molar-refractivity contribution in [2.75, 3.05) is 20.2 Å². The number of nitro benzene ring substituents is 1. The fourth-order valence-electron chi connectivity index (χ4n) is 2.61. The van der Waals surface area contributed by atoms with Crippen molar-refractivity contribution in [2.45, 2.75) is 19.4 Å². The number of halogens is 1. The Balaban J connectivity index is 1.75. The van der Waals surface area contributed by atoms with Crippen LogP contribution in [0.25, 0.3) is 0 Å². The third kappa shape index (κ3) is 7.24. The summed E-state index contributed by atoms with van der Waals surface area (Å²) in [7, 11) is 1.58. The van der Waals surface area contributed by atoms with Crippen molar-refractivity contribution in [3.05, 3.63) is 68.7 Å². The smallest absolute Gasteiger partial charge is 0.326 e. The van der Waals surface area contributed by atoms with Gasteiger partial charge in [0.15, 0.2) is 6.10 Å². The Morgan fingerprint density at radius 2 is 1.81 bits per heavy atom. The molecule has 0 spiro atoms. The number of amides is 2. The maximum Gasteiger partial charge on any atom is 0.326 e. The number of carbonyl (C=O) groups is 3. The van der Waals surface area contributed by atoms with Crippen LogP contribution in [0, 0.1) is 10.1 Å². The second-order valence-corrected chi connectivity index (χ2v) is 7.03. The van der Waals surface area contributed by atoms with Crippen LogP contribution in [-0.2, 0) is 20.7 Å². The zero-order valence-electron chi connectivity index (χ0n) is 17.4. The Kier molecular flexibility index (Phi) is 8.96. The molecule has 0 radical (unpaired) electrons. The minimum atomic E-state index is -1.06. The van der Waals surface area contributed by atoms with Gasteiger partial charge >= 0.3 is 5.97 Å². The van der Waals surface area contributed by atoms with Crippen LogP contribution in [0.5, 0.6) is 5.75 Å². The van der Waals surface area contributed by atoms with Crippen LogP contribution in [0.3, 0.4) is 0 Å². The van der Waals surface area contributed by atoms with Crippen molar-refractivity contribution in [3.63, 3.8) is 0 Å². The lowest BCUT2D eigenvalue weighted by molar-refractivity contribution is -0.384. The van der Waals surface area contributed by atoms with Gasteiger partial charge in [-0.1, -0.05) is 23.7 Å². The van der Waals surface area contributed by atoms with E-state index in [2.05, 4.69) is 10.6 Å². The first kappa shape index (κ1) is 24.6. The number of rotatable bonds is 10. The average molecular weight is 464 g/mol. The van der Waals surface area contributed by atoms with E-state index in [1.807, 2.05) is 24.3 Å². The predicted molar refractivity (Wildman–Crippen MR) is 116 cm³/mol. The van der Waals surface area contributed by atoms with Gasteiger partial charge in [0.2, 0.25) is 0 Å². The highest BCUT2D eigenvalue weighted by Crippen LogP contribution is 2.24. The van der Waals surface area contributed by atoms with Gasteiger partial charge < -0.3 is 20.1 Å². The van der Waals surface area contributed by atoms with Gasteiger partial charge in [-0.05, 0) is 43.2 Å². The molecular weight excluding hydrogens is 442 g/mol. The maximum absolute atomic E-state index is 12.1. The standard InChI is InChI=1S/C21H22ClN3O7/c1-13(20(27)23-10-9-14-3-6-16(31-2)7-4-14)32-19(26)12-24-21(28)15-5-8-17(22)18(11-15)25(29)30/h3-8,11,13H,9-10,12H2,1-2H3,(H,23,27)(H,24,28). The Labute approximate surface area is 189 Å². The Morgan fingerprint density at radius 3 is 2.44 bits per heavy atom. The number of esters is 1. The van der Waals surface area contributed by atoms with Gasteiger partial charge in [0.05, 0.1) is 12.0 Å². The van der Waals surface area contributed by atoms with E-state index < -0.39 is 41.0 Å². The van der Waals surface area contributed by atoms with E-state index in [4.69, 9.17) is 21.1 Å². The zero-order chi connectivity index (χ0) is 23.7. The first-order valence-corrected chi connectivity index (χ1v) is 9.91. The van der Waals surface area contributed by atoms with E-state index in [1.54, 1.807) is 7.11 Å². The monoisotopic (exact) mass is 463 g/mol. The Morgan fingerprint density at radius 1 is 1.12 bits per heavy atom. The minimum Gasteiger partial charge on any atom is -0.497 e. The number of carbonyl (C=O) groups excluding carboxylic acids is 3. The molecule has 0 aliphatic rings. The number of nitro groups is 1. The van der Waals surface area contributed by atoms with Crippen LogP contribution in [0.1, 0.15) is 22.8 Å². The van der Waals surface area contributed by atoms with E-state index in [0.29, 0.717) is 13.0 Å². The largest absolute Gasteiger partial charge is 0.497 e. The van der Waals surface area contributed by atoms with Gasteiger partial charge in [0.25, 0.3) is 17.5 Å². The van der Waals surface area contributed by atoms with Gasteiger partial charge in [-0.15, -0.1) is 0 Å². The molecule has 2 N–H and O–H groups in total. The van der Waals surface area contributed by atoms with Gasteiger partial charge in [-0.2, -0.15) is 0 Å². The van der Waals surface area contributed by atoms with Gasteiger partial charge in [-0.3, -0.25) is 24.5 Å². The molecule has 0 heterocycles. The van der Waals surface area contributed by atoms with E-state index in [1.165, 1.54) is 19.1 Å². The van der Waals surface area contributed by atoms with Crippen molar-refractivity contribution in [1.29, 1.82) is 0 Å². The average Bonchev–Trinajstić information content (AvgIpc) is 2.77. The van der Waals surface area contributed by atoms with Crippen LogP contribution in [0.2, 0.25) is 5.02 Å². The molecule has 0 aliphatic heterocycles. The third-order valence-electron chi connectivity index (χ3n) is 4.35. The molecular formula is C21H22ClN3O7. The van der Waals surface area contributed by atoms with E-state index >= 15 is 0 Å². The summed E-state index contributed by atoms with van der Waals surface area (Å²) < 4.78 is 10.1. The van der Waals surface area contributed by atoms with Gasteiger partial charge in [0, 0.05) is 18.2 Å². The summed E-state index contributed by atoms with van der Waals surface area (Å²) >= 11 is 5.70. The summed E-state index contributed by atoms with van der Waals surface area (Å²) in [5, 5.41) is 15.7. The predicted octanol–water partition coefficient (Wildman–Crippen LogP) is 2.28. The number of nitrogens with one attached hydrogen (secondary N) is 2. The number of hydrogen-bond acceptors (Lipinski definition) is 7. The number of nitrogens with zero attached hydrogens (tertiary/aromatic N) is 1. The summed E-state index contributed by atoms with van der Waals surface area (Å²) in [6, 6.07) is 10.9. The molecule has 2 amide bonds. The van der Waals surface area contributed by atoms with Crippen molar-refractivity contribution in [1.82, 2.24) is 10.6 Å². The number of ether oxygens (including phenoxy) is 2. The molecule has 0 saturated carbocycles.